The Balaban J connectivity index is 1.80. The molecule has 2 N–H and O–H groups in total. The van der Waals surface area contributed by atoms with Gasteiger partial charge >= 0.3 is 12.0 Å². The molecule has 4 amide bonds. The molecule has 39 heavy (non-hydrogen) atoms. The molecule has 1 saturated heterocycles. The molecule has 0 saturated carbocycles. The molecule has 210 valence electrons. The lowest BCUT2D eigenvalue weighted by atomic mass is 9.99. The minimum atomic E-state index is -1.43. The summed E-state index contributed by atoms with van der Waals surface area (Å²) in [6.07, 6.45) is 2.25. The molecule has 2 heterocycles. The summed E-state index contributed by atoms with van der Waals surface area (Å²) in [6, 6.07) is 9.92. The maximum absolute atomic E-state index is 13.8. The lowest BCUT2D eigenvalue weighted by molar-refractivity contribution is -0.591. The van der Waals surface area contributed by atoms with Crippen LogP contribution in [0.25, 0.3) is 0 Å². The average molecular weight is 546 g/mol. The van der Waals surface area contributed by atoms with Gasteiger partial charge in [-0.05, 0) is 18.1 Å². The maximum atomic E-state index is 13.8. The summed E-state index contributed by atoms with van der Waals surface area (Å²) in [5.41, 5.74) is 0.808. The SMILES string of the molecule is CCCCC[C@H](CN(C=O)OCc1ccccc1)C(=O)N1[C@H](C(=O)Nc2ccc(F)c[n+]2[O-])CCN1C(=O)O. The van der Waals surface area contributed by atoms with Gasteiger partial charge in [0.25, 0.3) is 5.82 Å². The van der Waals surface area contributed by atoms with Gasteiger partial charge in [-0.2, -0.15) is 0 Å². The fourth-order valence-corrected chi connectivity index (χ4v) is 4.30. The Bertz CT molecular complexity index is 1150. The number of aromatic nitrogens is 1. The third-order valence-corrected chi connectivity index (χ3v) is 6.31. The average Bonchev–Trinajstić information content (AvgIpc) is 3.38. The second-order valence-electron chi connectivity index (χ2n) is 9.10. The van der Waals surface area contributed by atoms with E-state index in [0.29, 0.717) is 25.4 Å². The molecule has 1 aromatic carbocycles. The van der Waals surface area contributed by atoms with Crippen LogP contribution >= 0.6 is 0 Å². The van der Waals surface area contributed by atoms with Crippen LogP contribution in [0.4, 0.5) is 15.0 Å². The van der Waals surface area contributed by atoms with Crippen LogP contribution in [0.15, 0.2) is 48.7 Å². The summed E-state index contributed by atoms with van der Waals surface area (Å²) < 4.78 is 13.4. The highest BCUT2D eigenvalue weighted by atomic mass is 19.1. The summed E-state index contributed by atoms with van der Waals surface area (Å²) in [5.74, 6) is -3.42. The molecule has 0 spiro atoms. The van der Waals surface area contributed by atoms with Gasteiger partial charge in [-0.25, -0.2) is 39.1 Å². The van der Waals surface area contributed by atoms with Gasteiger partial charge in [0.15, 0.2) is 11.9 Å². The zero-order valence-corrected chi connectivity index (χ0v) is 21.6. The third-order valence-electron chi connectivity index (χ3n) is 6.31. The monoisotopic (exact) mass is 545 g/mol. The van der Waals surface area contributed by atoms with Gasteiger partial charge in [0, 0.05) is 19.0 Å². The highest BCUT2D eigenvalue weighted by Gasteiger charge is 2.46. The fourth-order valence-electron chi connectivity index (χ4n) is 4.30. The Kier molecular flexibility index (Phi) is 10.6. The van der Waals surface area contributed by atoms with Crippen LogP contribution < -0.4 is 10.0 Å². The summed E-state index contributed by atoms with van der Waals surface area (Å²) in [7, 11) is 0. The minimum absolute atomic E-state index is 0.0203. The molecule has 0 bridgehead atoms. The summed E-state index contributed by atoms with van der Waals surface area (Å²) in [6.45, 7) is 1.78. The lowest BCUT2D eigenvalue weighted by Gasteiger charge is -2.33. The smallest absolute Gasteiger partial charge is 0.426 e. The van der Waals surface area contributed by atoms with E-state index in [0.717, 1.165) is 45.6 Å². The van der Waals surface area contributed by atoms with Crippen LogP contribution in [0.3, 0.4) is 0 Å². The first-order valence-corrected chi connectivity index (χ1v) is 12.7. The standard InChI is InChI=1S/C26H32FN5O7/c1-2-3-5-10-20(15-29(18-33)39-17-19-8-6-4-7-9-19)25(35)32-22(13-14-30(32)26(36)37)24(34)28-23-12-11-21(27)16-31(23)38/h4,6-9,11-12,16,18,20,22H,2-3,5,10,13-15,17H2,1H3,(H,28,34)(H,36,37)/t20-,22+/m1/s1. The predicted molar refractivity (Wildman–Crippen MR) is 136 cm³/mol. The summed E-state index contributed by atoms with van der Waals surface area (Å²) >= 11 is 0. The van der Waals surface area contributed by atoms with Crippen LogP contribution in [-0.4, -0.2) is 63.6 Å². The molecule has 0 radical (unpaired) electrons. The number of carbonyl (C=O) groups excluding carboxylic acids is 3. The lowest BCUT2D eigenvalue weighted by Crippen LogP contribution is -2.55. The molecule has 13 heteroatoms. The van der Waals surface area contributed by atoms with Crippen molar-refractivity contribution in [2.75, 3.05) is 18.4 Å². The van der Waals surface area contributed by atoms with E-state index >= 15 is 0 Å². The molecular formula is C26H32FN5O7. The number of hydrazine groups is 1. The topological polar surface area (TPSA) is 146 Å². The minimum Gasteiger partial charge on any atom is -0.711 e. The van der Waals surface area contributed by atoms with Gasteiger partial charge in [0.2, 0.25) is 12.3 Å². The second-order valence-corrected chi connectivity index (χ2v) is 9.10. The zero-order valence-electron chi connectivity index (χ0n) is 21.6. The number of hydrogen-bond donors (Lipinski definition) is 2. The third kappa shape index (κ3) is 7.87. The molecule has 0 aliphatic carbocycles. The number of amides is 4. The molecule has 0 unspecified atom stereocenters. The first-order valence-electron chi connectivity index (χ1n) is 12.7. The van der Waals surface area contributed by atoms with Gasteiger partial charge in [-0.1, -0.05) is 56.5 Å². The van der Waals surface area contributed by atoms with Gasteiger partial charge in [-0.15, -0.1) is 0 Å². The maximum Gasteiger partial charge on any atom is 0.426 e. The van der Waals surface area contributed by atoms with E-state index in [9.17, 15) is 33.9 Å². The van der Waals surface area contributed by atoms with Crippen molar-refractivity contribution >= 4 is 30.1 Å². The van der Waals surface area contributed by atoms with Crippen LogP contribution in [-0.2, 0) is 25.8 Å². The van der Waals surface area contributed by atoms with Crippen molar-refractivity contribution < 1.29 is 38.2 Å². The van der Waals surface area contributed by atoms with Crippen molar-refractivity contribution in [3.8, 4) is 0 Å². The molecule has 12 nitrogen and oxygen atoms in total. The number of anilines is 1. The predicted octanol–water partition coefficient (Wildman–Crippen LogP) is 2.68. The number of benzene rings is 1. The Labute approximate surface area is 225 Å². The molecular weight excluding hydrogens is 513 g/mol. The molecule has 1 aromatic heterocycles. The van der Waals surface area contributed by atoms with Crippen molar-refractivity contribution in [2.45, 2.75) is 51.7 Å². The van der Waals surface area contributed by atoms with Crippen LogP contribution in [0.2, 0.25) is 0 Å². The van der Waals surface area contributed by atoms with E-state index in [1.807, 2.05) is 37.3 Å². The first-order chi connectivity index (χ1) is 18.7. The second kappa shape index (κ2) is 14.0. The van der Waals surface area contributed by atoms with E-state index in [-0.39, 0.29) is 36.7 Å². The van der Waals surface area contributed by atoms with Crippen LogP contribution in [0.1, 0.15) is 44.6 Å². The fraction of sp³-hybridized carbons (Fsp3) is 0.423. The van der Waals surface area contributed by atoms with Crippen LogP contribution in [0, 0.1) is 16.9 Å². The largest absolute Gasteiger partial charge is 0.711 e. The van der Waals surface area contributed by atoms with Gasteiger partial charge < -0.3 is 10.3 Å². The van der Waals surface area contributed by atoms with Crippen molar-refractivity contribution in [1.29, 1.82) is 0 Å². The first kappa shape index (κ1) is 29.3. The number of carboxylic acid groups (broad SMARTS) is 1. The van der Waals surface area contributed by atoms with Crippen LogP contribution in [0.5, 0.6) is 0 Å². The summed E-state index contributed by atoms with van der Waals surface area (Å²) in [5, 5.41) is 26.7. The van der Waals surface area contributed by atoms with E-state index in [1.54, 1.807) is 0 Å². The Morgan fingerprint density at radius 2 is 2.00 bits per heavy atom. The molecule has 1 aliphatic rings. The van der Waals surface area contributed by atoms with Crippen molar-refractivity contribution in [3.05, 3.63) is 65.2 Å². The van der Waals surface area contributed by atoms with E-state index < -0.39 is 35.7 Å². The highest BCUT2D eigenvalue weighted by molar-refractivity contribution is 5.97. The molecule has 3 rings (SSSR count). The normalized spacial score (nSPS) is 15.6. The molecule has 2 aromatic rings. The number of hydrogen-bond acceptors (Lipinski definition) is 6. The quantitative estimate of drug-likeness (QED) is 0.129. The number of hydroxylamine groups is 2. The summed E-state index contributed by atoms with van der Waals surface area (Å²) in [4.78, 5) is 56.2. The van der Waals surface area contributed by atoms with Crippen molar-refractivity contribution in [3.63, 3.8) is 0 Å². The van der Waals surface area contributed by atoms with Crippen molar-refractivity contribution in [2.24, 2.45) is 5.92 Å². The van der Waals surface area contributed by atoms with Gasteiger partial charge in [-0.3, -0.25) is 14.4 Å². The molecule has 1 fully saturated rings. The number of nitrogens with zero attached hydrogens (tertiary/aromatic N) is 4. The number of nitrogens with one attached hydrogen (secondary N) is 1. The molecule has 1 aliphatic heterocycles. The van der Waals surface area contributed by atoms with Gasteiger partial charge in [0.1, 0.15) is 12.8 Å². The zero-order chi connectivity index (χ0) is 28.4. The van der Waals surface area contributed by atoms with E-state index in [1.165, 1.54) is 0 Å². The van der Waals surface area contributed by atoms with E-state index in [2.05, 4.69) is 5.32 Å². The number of rotatable bonds is 13. The molecule has 2 atom stereocenters. The van der Waals surface area contributed by atoms with Crippen molar-refractivity contribution in [1.82, 2.24) is 15.1 Å². The van der Waals surface area contributed by atoms with E-state index in [4.69, 9.17) is 4.84 Å². The Morgan fingerprint density at radius 3 is 2.64 bits per heavy atom. The van der Waals surface area contributed by atoms with Gasteiger partial charge in [0.05, 0.1) is 12.5 Å². The Morgan fingerprint density at radius 1 is 1.26 bits per heavy atom. The Hall–Kier alpha value is -4.26. The number of pyridine rings is 1. The highest BCUT2D eigenvalue weighted by Crippen LogP contribution is 2.25. The number of carbonyl (C=O) groups is 4. The number of unbranched alkanes of at least 4 members (excludes halogenated alkanes) is 2. The number of halogens is 1.